The van der Waals surface area contributed by atoms with Gasteiger partial charge in [-0.05, 0) is 18.2 Å². The van der Waals surface area contributed by atoms with Gasteiger partial charge in [-0.2, -0.15) is 9.45 Å². The van der Waals surface area contributed by atoms with E-state index in [2.05, 4.69) is 5.32 Å². The van der Waals surface area contributed by atoms with Crippen LogP contribution in [0, 0.1) is 10.1 Å². The Balaban J connectivity index is 1.89. The van der Waals surface area contributed by atoms with Gasteiger partial charge in [0.2, 0.25) is 11.7 Å². The summed E-state index contributed by atoms with van der Waals surface area (Å²) < 4.78 is 13.4. The highest BCUT2D eigenvalue weighted by Gasteiger charge is 2.33. The zero-order valence-corrected chi connectivity index (χ0v) is 12.5. The molecule has 122 valence electrons. The van der Waals surface area contributed by atoms with E-state index in [-0.39, 0.29) is 11.3 Å². The number of hydrogen-bond donors (Lipinski definition) is 2. The Morgan fingerprint density at radius 3 is 2.79 bits per heavy atom. The summed E-state index contributed by atoms with van der Waals surface area (Å²) in [6.07, 6.45) is 5.90. The average molecular weight is 349 g/mol. The first-order chi connectivity index (χ1) is 11.4. The molecule has 2 heterocycles. The van der Waals surface area contributed by atoms with Crippen LogP contribution in [0.25, 0.3) is 0 Å². The van der Waals surface area contributed by atoms with Crippen molar-refractivity contribution in [1.82, 2.24) is 10.4 Å². The Hall–Kier alpha value is -2.98. The zero-order valence-electron chi connectivity index (χ0n) is 11.7. The van der Waals surface area contributed by atoms with Crippen molar-refractivity contribution in [3.63, 3.8) is 0 Å². The molecule has 0 atom stereocenters. The molecule has 0 bridgehead atoms. The summed E-state index contributed by atoms with van der Waals surface area (Å²) in [5.74, 6) is -3.05. The van der Waals surface area contributed by atoms with Crippen molar-refractivity contribution >= 4 is 23.3 Å². The fourth-order valence-electron chi connectivity index (χ4n) is 2.09. The third kappa shape index (κ3) is 2.68. The molecule has 3 rings (SSSR count). The topological polar surface area (TPSA) is 113 Å². The van der Waals surface area contributed by atoms with Crippen molar-refractivity contribution in [3.8, 4) is 0 Å². The number of hydroxylamine groups is 2. The van der Waals surface area contributed by atoms with Crippen molar-refractivity contribution in [2.75, 3.05) is 0 Å². The maximum absolute atomic E-state index is 13.4. The quantitative estimate of drug-likeness (QED) is 0.254. The van der Waals surface area contributed by atoms with Crippen LogP contribution in [0.1, 0.15) is 0 Å². The molecule has 8 nitrogen and oxygen atoms in total. The molecule has 0 aromatic carbocycles. The minimum atomic E-state index is -1.18. The van der Waals surface area contributed by atoms with Crippen LogP contribution in [-0.4, -0.2) is 26.8 Å². The van der Waals surface area contributed by atoms with Gasteiger partial charge in [0.25, 0.3) is 0 Å². The number of thioether (sulfide) groups is 1. The van der Waals surface area contributed by atoms with E-state index in [0.717, 1.165) is 30.0 Å². The van der Waals surface area contributed by atoms with Gasteiger partial charge in [0.05, 0.1) is 10.6 Å². The van der Waals surface area contributed by atoms with Crippen LogP contribution in [0.2, 0.25) is 0 Å². The van der Waals surface area contributed by atoms with E-state index in [1.54, 1.807) is 0 Å². The van der Waals surface area contributed by atoms with Gasteiger partial charge in [-0.1, -0.05) is 17.8 Å². The maximum atomic E-state index is 13.4. The van der Waals surface area contributed by atoms with Crippen LogP contribution < -0.4 is 5.32 Å². The van der Waals surface area contributed by atoms with E-state index in [9.17, 15) is 29.3 Å². The number of nitrogens with zero attached hydrogens (tertiary/aromatic N) is 2. The highest BCUT2D eigenvalue weighted by molar-refractivity contribution is 8.06. The Morgan fingerprint density at radius 2 is 2.08 bits per heavy atom. The number of Topliss-reactive ketones (excluding diaryl/α,β-unsaturated/α-hetero) is 1. The van der Waals surface area contributed by atoms with Crippen molar-refractivity contribution in [1.29, 1.82) is 0 Å². The fourth-order valence-corrected chi connectivity index (χ4v) is 2.96. The summed E-state index contributed by atoms with van der Waals surface area (Å²) in [6.45, 7) is 0. The Bertz CT molecular complexity index is 866. The molecule has 2 N–H and O–H groups in total. The van der Waals surface area contributed by atoms with Crippen LogP contribution in [0.15, 0.2) is 69.4 Å². The number of carbonyl (C=O) groups is 2. The number of ketones is 2. The summed E-state index contributed by atoms with van der Waals surface area (Å²) in [4.78, 5) is 33.0. The van der Waals surface area contributed by atoms with Gasteiger partial charge in [0.1, 0.15) is 10.7 Å². The molecule has 0 aromatic heterocycles. The molecule has 0 spiro atoms. The van der Waals surface area contributed by atoms with Gasteiger partial charge in [-0.3, -0.25) is 24.9 Å². The standard InChI is InChI=1S/C14H8FN3O5S/c15-12-3-1-2-9(17(12)21)14-16-8(6-24-14)7-4-10(18(22)23)13(20)11(19)5-7/h1-6,16,21H/b14-9-. The van der Waals surface area contributed by atoms with Gasteiger partial charge in [0, 0.05) is 17.1 Å². The molecule has 3 aliphatic rings. The normalized spacial score (nSPS) is 23.5. The predicted molar refractivity (Wildman–Crippen MR) is 81.0 cm³/mol. The molecule has 0 saturated carbocycles. The van der Waals surface area contributed by atoms with Gasteiger partial charge >= 0.3 is 11.5 Å². The molecule has 0 amide bonds. The van der Waals surface area contributed by atoms with Crippen LogP contribution in [0.5, 0.6) is 0 Å². The molecule has 1 aliphatic carbocycles. The smallest absolute Gasteiger partial charge is 0.321 e. The van der Waals surface area contributed by atoms with E-state index in [1.807, 2.05) is 0 Å². The lowest BCUT2D eigenvalue weighted by Crippen LogP contribution is -2.25. The minimum absolute atomic E-state index is 0.128. The predicted octanol–water partition coefficient (Wildman–Crippen LogP) is 1.64. The van der Waals surface area contributed by atoms with Crippen LogP contribution in [0.3, 0.4) is 0 Å². The second-order valence-corrected chi connectivity index (χ2v) is 5.61. The van der Waals surface area contributed by atoms with E-state index < -0.39 is 28.1 Å². The highest BCUT2D eigenvalue weighted by atomic mass is 32.2. The second-order valence-electron chi connectivity index (χ2n) is 4.73. The zero-order chi connectivity index (χ0) is 17.4. The van der Waals surface area contributed by atoms with Crippen molar-refractivity contribution in [2.45, 2.75) is 0 Å². The van der Waals surface area contributed by atoms with Crippen molar-refractivity contribution < 1.29 is 24.1 Å². The number of carbonyl (C=O) groups excluding carboxylic acids is 2. The monoisotopic (exact) mass is 349 g/mol. The van der Waals surface area contributed by atoms with Crippen molar-refractivity contribution in [3.05, 3.63) is 79.5 Å². The molecule has 0 saturated heterocycles. The molecule has 0 radical (unpaired) electrons. The largest absolute Gasteiger partial charge is 0.347 e. The lowest BCUT2D eigenvalue weighted by atomic mass is 10.0. The summed E-state index contributed by atoms with van der Waals surface area (Å²) in [7, 11) is 0. The lowest BCUT2D eigenvalue weighted by Gasteiger charge is -2.20. The summed E-state index contributed by atoms with van der Waals surface area (Å²) in [5.41, 5.74) is -0.223. The number of halogens is 1. The number of nitro groups is 1. The van der Waals surface area contributed by atoms with Gasteiger partial charge in [0.15, 0.2) is 0 Å². The Kier molecular flexibility index (Phi) is 3.91. The van der Waals surface area contributed by atoms with Crippen LogP contribution >= 0.6 is 11.8 Å². The third-order valence-corrected chi connectivity index (χ3v) is 4.14. The van der Waals surface area contributed by atoms with E-state index >= 15 is 0 Å². The summed E-state index contributed by atoms with van der Waals surface area (Å²) >= 11 is 1.09. The maximum Gasteiger partial charge on any atom is 0.321 e. The molecule has 0 aromatic rings. The Morgan fingerprint density at radius 1 is 1.33 bits per heavy atom. The SMILES string of the molecule is O=C1C=C(C2=CS/C(=C3/C=CC=C(F)N3O)N2)C=C([N+](=O)[O-])C1=O. The van der Waals surface area contributed by atoms with Gasteiger partial charge in [-0.15, -0.1) is 0 Å². The first kappa shape index (κ1) is 15.9. The van der Waals surface area contributed by atoms with Gasteiger partial charge in [-0.25, -0.2) is 0 Å². The molecule has 2 aliphatic heterocycles. The van der Waals surface area contributed by atoms with E-state index in [4.69, 9.17) is 0 Å². The van der Waals surface area contributed by atoms with Crippen LogP contribution in [-0.2, 0) is 9.59 Å². The Labute approximate surface area is 138 Å². The highest BCUT2D eigenvalue weighted by Crippen LogP contribution is 2.34. The number of allylic oxidation sites excluding steroid dienone is 6. The van der Waals surface area contributed by atoms with E-state index in [1.165, 1.54) is 17.6 Å². The summed E-state index contributed by atoms with van der Waals surface area (Å²) in [6, 6.07) is 0. The van der Waals surface area contributed by atoms with Crippen LogP contribution in [0.4, 0.5) is 4.39 Å². The first-order valence-corrected chi connectivity index (χ1v) is 7.34. The lowest BCUT2D eigenvalue weighted by molar-refractivity contribution is -0.418. The third-order valence-electron chi connectivity index (χ3n) is 3.24. The number of hydrogen-bond acceptors (Lipinski definition) is 8. The molecule has 0 fully saturated rings. The number of rotatable bonds is 2. The molecule has 24 heavy (non-hydrogen) atoms. The van der Waals surface area contributed by atoms with Crippen molar-refractivity contribution in [2.24, 2.45) is 0 Å². The second kappa shape index (κ2) is 5.91. The average Bonchev–Trinajstić information content (AvgIpc) is 3.02. The summed E-state index contributed by atoms with van der Waals surface area (Å²) in [5, 5.41) is 25.6. The first-order valence-electron chi connectivity index (χ1n) is 6.46. The van der Waals surface area contributed by atoms with E-state index in [0.29, 0.717) is 15.8 Å². The number of nitrogens with one attached hydrogen (secondary N) is 1. The minimum Gasteiger partial charge on any atom is -0.347 e. The fraction of sp³-hybridized carbons (Fsp3) is 0. The van der Waals surface area contributed by atoms with Gasteiger partial charge < -0.3 is 5.32 Å². The molecule has 10 heteroatoms. The molecular weight excluding hydrogens is 341 g/mol. The molecule has 0 unspecified atom stereocenters. The molecular formula is C14H8FN3O5S.